The van der Waals surface area contributed by atoms with Crippen LogP contribution in [0.15, 0.2) is 60.7 Å². The number of hydrogen-bond donors (Lipinski definition) is 2. The van der Waals surface area contributed by atoms with Crippen LogP contribution in [0.4, 0.5) is 0 Å². The van der Waals surface area contributed by atoms with E-state index in [9.17, 15) is 14.7 Å². The third-order valence-electron chi connectivity index (χ3n) is 5.02. The van der Waals surface area contributed by atoms with Crippen LogP contribution in [0.1, 0.15) is 41.6 Å². The van der Waals surface area contributed by atoms with Crippen LogP contribution < -0.4 is 5.32 Å². The van der Waals surface area contributed by atoms with Gasteiger partial charge in [0.25, 0.3) is 5.91 Å². The largest absolute Gasteiger partial charge is 0.459 e. The first kappa shape index (κ1) is 19.1. The van der Waals surface area contributed by atoms with Crippen molar-refractivity contribution in [3.05, 3.63) is 71.8 Å². The van der Waals surface area contributed by atoms with Crippen molar-refractivity contribution < 1.29 is 19.4 Å². The normalized spacial score (nSPS) is 16.5. The first-order chi connectivity index (χ1) is 13.1. The second-order valence-electron chi connectivity index (χ2n) is 6.95. The first-order valence-electron chi connectivity index (χ1n) is 9.39. The number of carbonyl (C=O) groups excluding carboxylic acids is 2. The van der Waals surface area contributed by atoms with Crippen LogP contribution in [-0.4, -0.2) is 29.1 Å². The topological polar surface area (TPSA) is 75.6 Å². The molecule has 0 bridgehead atoms. The fourth-order valence-corrected chi connectivity index (χ4v) is 3.49. The molecule has 2 N–H and O–H groups in total. The molecule has 1 amide bonds. The van der Waals surface area contributed by atoms with Gasteiger partial charge in [-0.3, -0.25) is 4.79 Å². The molecule has 142 valence electrons. The van der Waals surface area contributed by atoms with Crippen LogP contribution in [0.3, 0.4) is 0 Å². The highest BCUT2D eigenvalue weighted by atomic mass is 16.5. The predicted molar refractivity (Wildman–Crippen MR) is 102 cm³/mol. The van der Waals surface area contributed by atoms with Crippen molar-refractivity contribution >= 4 is 11.9 Å². The van der Waals surface area contributed by atoms with Crippen LogP contribution in [0.5, 0.6) is 0 Å². The van der Waals surface area contributed by atoms with E-state index in [-0.39, 0.29) is 12.5 Å². The van der Waals surface area contributed by atoms with Gasteiger partial charge >= 0.3 is 5.97 Å². The molecule has 1 aliphatic rings. The maximum Gasteiger partial charge on any atom is 0.331 e. The number of rotatable bonds is 7. The summed E-state index contributed by atoms with van der Waals surface area (Å²) in [5.74, 6) is -1.01. The average molecular weight is 367 g/mol. The SMILES string of the molecule is O=C(N[C@H](C(=O)OCc1ccccc1)[C@@H](O)C1CCCC1)c1ccccc1. The summed E-state index contributed by atoms with van der Waals surface area (Å²) >= 11 is 0. The Hall–Kier alpha value is -2.66. The summed E-state index contributed by atoms with van der Waals surface area (Å²) in [5, 5.41) is 13.4. The van der Waals surface area contributed by atoms with Crippen LogP contribution in [0.2, 0.25) is 0 Å². The Morgan fingerprint density at radius 1 is 1.00 bits per heavy atom. The number of carbonyl (C=O) groups is 2. The number of esters is 1. The minimum atomic E-state index is -1.08. The van der Waals surface area contributed by atoms with E-state index in [2.05, 4.69) is 5.32 Å². The standard InChI is InChI=1S/C22H25NO4/c24-20(17-11-7-8-12-17)19(23-21(25)18-13-5-2-6-14-18)22(26)27-15-16-9-3-1-4-10-16/h1-6,9-10,13-14,17,19-20,24H,7-8,11-12,15H2,(H,23,25)/t19-,20-/m0/s1. The number of amides is 1. The molecule has 1 aliphatic carbocycles. The molecule has 0 aromatic heterocycles. The van der Waals surface area contributed by atoms with Gasteiger partial charge in [-0.05, 0) is 36.5 Å². The van der Waals surface area contributed by atoms with E-state index in [0.29, 0.717) is 5.56 Å². The predicted octanol–water partition coefficient (Wildman–Crippen LogP) is 3.08. The van der Waals surface area contributed by atoms with Crippen LogP contribution in [0.25, 0.3) is 0 Å². The molecule has 0 radical (unpaired) electrons. The Bertz CT molecular complexity index is 741. The fourth-order valence-electron chi connectivity index (χ4n) is 3.49. The van der Waals surface area contributed by atoms with E-state index < -0.39 is 24.0 Å². The van der Waals surface area contributed by atoms with Crippen molar-refractivity contribution in [2.24, 2.45) is 5.92 Å². The van der Waals surface area contributed by atoms with Gasteiger partial charge in [0, 0.05) is 5.56 Å². The fraction of sp³-hybridized carbons (Fsp3) is 0.364. The Kier molecular flexibility index (Phi) is 6.60. The second kappa shape index (κ2) is 9.33. The summed E-state index contributed by atoms with van der Waals surface area (Å²) in [5.41, 5.74) is 1.30. The molecule has 5 heteroatoms. The van der Waals surface area contributed by atoms with Crippen LogP contribution in [0, 0.1) is 5.92 Å². The average Bonchev–Trinajstić information content (AvgIpc) is 3.26. The van der Waals surface area contributed by atoms with Gasteiger partial charge in [0.05, 0.1) is 6.10 Å². The molecule has 0 heterocycles. The third kappa shape index (κ3) is 5.17. The Morgan fingerprint density at radius 2 is 1.59 bits per heavy atom. The van der Waals surface area contributed by atoms with Gasteiger partial charge in [0.1, 0.15) is 6.61 Å². The van der Waals surface area contributed by atoms with E-state index >= 15 is 0 Å². The first-order valence-corrected chi connectivity index (χ1v) is 9.39. The summed E-state index contributed by atoms with van der Waals surface area (Å²) in [6.45, 7) is 0.106. The van der Waals surface area contributed by atoms with Gasteiger partial charge in [0.15, 0.2) is 6.04 Å². The zero-order valence-electron chi connectivity index (χ0n) is 15.2. The summed E-state index contributed by atoms with van der Waals surface area (Å²) in [4.78, 5) is 25.2. The van der Waals surface area contributed by atoms with E-state index in [1.807, 2.05) is 36.4 Å². The van der Waals surface area contributed by atoms with Gasteiger partial charge in [-0.25, -0.2) is 4.79 Å². The molecule has 0 spiro atoms. The van der Waals surface area contributed by atoms with Crippen molar-refractivity contribution in [1.82, 2.24) is 5.32 Å². The molecule has 2 aromatic carbocycles. The molecule has 2 atom stereocenters. The summed E-state index contributed by atoms with van der Waals surface area (Å²) in [6, 6.07) is 16.9. The van der Waals surface area contributed by atoms with Crippen LogP contribution in [-0.2, 0) is 16.1 Å². The Morgan fingerprint density at radius 3 is 2.22 bits per heavy atom. The number of aliphatic hydroxyl groups is 1. The van der Waals surface area contributed by atoms with Gasteiger partial charge in [-0.2, -0.15) is 0 Å². The third-order valence-corrected chi connectivity index (χ3v) is 5.02. The molecular formula is C22H25NO4. The highest BCUT2D eigenvalue weighted by molar-refractivity contribution is 5.96. The highest BCUT2D eigenvalue weighted by Crippen LogP contribution is 2.29. The lowest BCUT2D eigenvalue weighted by atomic mass is 9.94. The molecule has 0 saturated heterocycles. The zero-order chi connectivity index (χ0) is 19.1. The minimum Gasteiger partial charge on any atom is -0.459 e. The van der Waals surface area contributed by atoms with Gasteiger partial charge in [-0.1, -0.05) is 61.4 Å². The lowest BCUT2D eigenvalue weighted by Crippen LogP contribution is -2.51. The lowest BCUT2D eigenvalue weighted by Gasteiger charge is -2.27. The Labute approximate surface area is 159 Å². The Balaban J connectivity index is 1.70. The number of hydrogen-bond acceptors (Lipinski definition) is 4. The zero-order valence-corrected chi connectivity index (χ0v) is 15.2. The molecule has 0 unspecified atom stereocenters. The molecule has 5 nitrogen and oxygen atoms in total. The lowest BCUT2D eigenvalue weighted by molar-refractivity contribution is -0.151. The number of aliphatic hydroxyl groups excluding tert-OH is 1. The summed E-state index contributed by atoms with van der Waals surface area (Å²) in [7, 11) is 0. The maximum atomic E-state index is 12.7. The number of ether oxygens (including phenoxy) is 1. The summed E-state index contributed by atoms with van der Waals surface area (Å²) in [6.07, 6.45) is 2.80. The molecule has 0 aliphatic heterocycles. The maximum absolute atomic E-state index is 12.7. The monoisotopic (exact) mass is 367 g/mol. The van der Waals surface area contributed by atoms with Crippen LogP contribution >= 0.6 is 0 Å². The molecular weight excluding hydrogens is 342 g/mol. The van der Waals surface area contributed by atoms with Crippen molar-refractivity contribution in [1.29, 1.82) is 0 Å². The smallest absolute Gasteiger partial charge is 0.331 e. The molecule has 3 rings (SSSR count). The van der Waals surface area contributed by atoms with E-state index in [1.54, 1.807) is 24.3 Å². The molecule has 27 heavy (non-hydrogen) atoms. The molecule has 1 fully saturated rings. The summed E-state index contributed by atoms with van der Waals surface area (Å²) < 4.78 is 5.39. The molecule has 1 saturated carbocycles. The van der Waals surface area contributed by atoms with Gasteiger partial charge in [0.2, 0.25) is 0 Å². The van der Waals surface area contributed by atoms with E-state index in [1.165, 1.54) is 0 Å². The minimum absolute atomic E-state index is 0.00431. The number of nitrogens with one attached hydrogen (secondary N) is 1. The second-order valence-corrected chi connectivity index (χ2v) is 6.95. The number of benzene rings is 2. The molecule has 2 aromatic rings. The highest BCUT2D eigenvalue weighted by Gasteiger charge is 2.36. The quantitative estimate of drug-likeness (QED) is 0.738. The van der Waals surface area contributed by atoms with Crippen molar-refractivity contribution in [3.63, 3.8) is 0 Å². The van der Waals surface area contributed by atoms with Crippen molar-refractivity contribution in [2.75, 3.05) is 0 Å². The van der Waals surface area contributed by atoms with E-state index in [4.69, 9.17) is 4.74 Å². The van der Waals surface area contributed by atoms with Crippen molar-refractivity contribution in [3.8, 4) is 0 Å². The van der Waals surface area contributed by atoms with Gasteiger partial charge < -0.3 is 15.2 Å². The van der Waals surface area contributed by atoms with Gasteiger partial charge in [-0.15, -0.1) is 0 Å². The van der Waals surface area contributed by atoms with E-state index in [0.717, 1.165) is 31.2 Å². The van der Waals surface area contributed by atoms with Crippen molar-refractivity contribution in [2.45, 2.75) is 44.4 Å².